The zero-order valence-electron chi connectivity index (χ0n) is 11.7. The topological polar surface area (TPSA) is 58.6 Å². The first kappa shape index (κ1) is 13.7. The minimum atomic E-state index is -0.453. The smallest absolute Gasteiger partial charge is 0.358 e. The van der Waals surface area contributed by atoms with Crippen molar-refractivity contribution in [3.63, 3.8) is 0 Å². The molecule has 1 fully saturated rings. The number of likely N-dealkylation sites (N-methyl/N-ethyl adjacent to an activating group) is 1. The van der Waals surface area contributed by atoms with Gasteiger partial charge in [0.05, 0.1) is 19.5 Å². The van der Waals surface area contributed by atoms with Gasteiger partial charge in [-0.1, -0.05) is 0 Å². The zero-order chi connectivity index (χ0) is 13.8. The van der Waals surface area contributed by atoms with E-state index in [0.29, 0.717) is 6.04 Å². The summed E-state index contributed by atoms with van der Waals surface area (Å²) in [6.45, 7) is 1.99. The fraction of sp³-hybridized carbons (Fsp3) is 0.615. The van der Waals surface area contributed by atoms with Gasteiger partial charge in [-0.2, -0.15) is 0 Å². The maximum absolute atomic E-state index is 11.3. The van der Waals surface area contributed by atoms with Crippen LogP contribution in [0.1, 0.15) is 23.3 Å². The van der Waals surface area contributed by atoms with Gasteiger partial charge in [-0.3, -0.25) is 0 Å². The minimum Gasteiger partial charge on any atom is -0.464 e. The first-order valence-electron chi connectivity index (χ1n) is 6.43. The summed E-state index contributed by atoms with van der Waals surface area (Å²) in [4.78, 5) is 24.2. The summed E-state index contributed by atoms with van der Waals surface area (Å²) in [6, 6.07) is 0.466. The molecule has 0 amide bonds. The third kappa shape index (κ3) is 3.20. The molecule has 0 radical (unpaired) electrons. The largest absolute Gasteiger partial charge is 0.464 e. The van der Waals surface area contributed by atoms with E-state index in [9.17, 15) is 4.79 Å². The molecule has 6 heteroatoms. The second-order valence-electron chi connectivity index (χ2n) is 5.00. The fourth-order valence-electron chi connectivity index (χ4n) is 2.43. The van der Waals surface area contributed by atoms with Gasteiger partial charge in [0.25, 0.3) is 0 Å². The number of carbonyl (C=O) groups is 1. The predicted molar refractivity (Wildman–Crippen MR) is 72.3 cm³/mol. The molecule has 1 aromatic rings. The van der Waals surface area contributed by atoms with E-state index in [4.69, 9.17) is 0 Å². The van der Waals surface area contributed by atoms with Crippen molar-refractivity contribution >= 4 is 11.8 Å². The maximum atomic E-state index is 11.3. The molecule has 0 aromatic carbocycles. The molecule has 0 N–H and O–H groups in total. The van der Waals surface area contributed by atoms with Crippen LogP contribution in [0.3, 0.4) is 0 Å². The summed E-state index contributed by atoms with van der Waals surface area (Å²) in [5.41, 5.74) is 0.245. The van der Waals surface area contributed by atoms with Gasteiger partial charge in [-0.15, -0.1) is 0 Å². The Bertz CT molecular complexity index is 433. The second-order valence-corrected chi connectivity index (χ2v) is 5.00. The number of hydrogen-bond acceptors (Lipinski definition) is 6. The van der Waals surface area contributed by atoms with E-state index in [1.807, 2.05) is 0 Å². The van der Waals surface area contributed by atoms with Crippen molar-refractivity contribution < 1.29 is 9.53 Å². The van der Waals surface area contributed by atoms with E-state index in [1.165, 1.54) is 26.1 Å². The number of hydrogen-bond donors (Lipinski definition) is 0. The quantitative estimate of drug-likeness (QED) is 0.750. The Kier molecular flexibility index (Phi) is 4.31. The molecule has 2 rings (SSSR count). The SMILES string of the molecule is COC(=O)c1cnc(N2CCCC2CN(C)C)cn1. The van der Waals surface area contributed by atoms with Gasteiger partial charge in [-0.25, -0.2) is 14.8 Å². The molecule has 0 aliphatic carbocycles. The molecular formula is C13H20N4O2. The molecule has 1 unspecified atom stereocenters. The molecule has 104 valence electrons. The van der Waals surface area contributed by atoms with Gasteiger partial charge in [0.1, 0.15) is 5.82 Å². The Hall–Kier alpha value is -1.69. The highest BCUT2D eigenvalue weighted by Crippen LogP contribution is 2.23. The monoisotopic (exact) mass is 264 g/mol. The third-order valence-corrected chi connectivity index (χ3v) is 3.28. The number of esters is 1. The molecule has 1 aliphatic rings. The van der Waals surface area contributed by atoms with Crippen LogP contribution in [0.5, 0.6) is 0 Å². The van der Waals surface area contributed by atoms with Crippen molar-refractivity contribution in [2.75, 3.05) is 39.2 Å². The third-order valence-electron chi connectivity index (χ3n) is 3.28. The van der Waals surface area contributed by atoms with Crippen LogP contribution in [0, 0.1) is 0 Å². The predicted octanol–water partition coefficient (Wildman–Crippen LogP) is 0.794. The van der Waals surface area contributed by atoms with Crippen molar-refractivity contribution in [3.8, 4) is 0 Å². The molecule has 1 aliphatic heterocycles. The summed E-state index contributed by atoms with van der Waals surface area (Å²) >= 11 is 0. The highest BCUT2D eigenvalue weighted by Gasteiger charge is 2.26. The van der Waals surface area contributed by atoms with E-state index in [2.05, 4.69) is 38.6 Å². The average molecular weight is 264 g/mol. The summed E-state index contributed by atoms with van der Waals surface area (Å²) in [5.74, 6) is 0.377. The van der Waals surface area contributed by atoms with Crippen molar-refractivity contribution in [2.24, 2.45) is 0 Å². The summed E-state index contributed by atoms with van der Waals surface area (Å²) in [6.07, 6.45) is 5.46. The molecule has 1 atom stereocenters. The Morgan fingerprint density at radius 2 is 2.26 bits per heavy atom. The van der Waals surface area contributed by atoms with Crippen LogP contribution >= 0.6 is 0 Å². The van der Waals surface area contributed by atoms with Crippen LogP contribution in [-0.2, 0) is 4.74 Å². The molecule has 0 spiro atoms. The molecular weight excluding hydrogens is 244 g/mol. The molecule has 1 saturated heterocycles. The number of ether oxygens (including phenoxy) is 1. The van der Waals surface area contributed by atoms with Crippen LogP contribution in [-0.4, -0.2) is 61.2 Å². The number of anilines is 1. The lowest BCUT2D eigenvalue weighted by atomic mass is 10.2. The highest BCUT2D eigenvalue weighted by molar-refractivity contribution is 5.86. The zero-order valence-corrected chi connectivity index (χ0v) is 11.7. The van der Waals surface area contributed by atoms with Crippen molar-refractivity contribution in [1.82, 2.24) is 14.9 Å². The average Bonchev–Trinajstić information content (AvgIpc) is 2.85. The molecule has 6 nitrogen and oxygen atoms in total. The first-order chi connectivity index (χ1) is 9.11. The van der Waals surface area contributed by atoms with Crippen LogP contribution in [0.15, 0.2) is 12.4 Å². The van der Waals surface area contributed by atoms with E-state index in [-0.39, 0.29) is 5.69 Å². The number of rotatable bonds is 4. The summed E-state index contributed by atoms with van der Waals surface area (Å²) in [5, 5.41) is 0. The molecule has 2 heterocycles. The molecule has 1 aromatic heterocycles. The van der Waals surface area contributed by atoms with Crippen LogP contribution in [0.2, 0.25) is 0 Å². The minimum absolute atomic E-state index is 0.245. The highest BCUT2D eigenvalue weighted by atomic mass is 16.5. The van der Waals surface area contributed by atoms with Crippen molar-refractivity contribution in [1.29, 1.82) is 0 Å². The van der Waals surface area contributed by atoms with Gasteiger partial charge in [0, 0.05) is 19.1 Å². The number of methoxy groups -OCH3 is 1. The second kappa shape index (κ2) is 5.97. The van der Waals surface area contributed by atoms with Crippen molar-refractivity contribution in [3.05, 3.63) is 18.1 Å². The summed E-state index contributed by atoms with van der Waals surface area (Å²) < 4.78 is 4.61. The standard InChI is InChI=1S/C13H20N4O2/c1-16(2)9-10-5-4-6-17(10)12-8-14-11(7-15-12)13(18)19-3/h7-8,10H,4-6,9H2,1-3H3. The number of carbonyl (C=O) groups excluding carboxylic acids is 1. The van der Waals surface area contributed by atoms with Gasteiger partial charge < -0.3 is 14.5 Å². The Morgan fingerprint density at radius 3 is 2.84 bits per heavy atom. The fourth-order valence-corrected chi connectivity index (χ4v) is 2.43. The van der Waals surface area contributed by atoms with Gasteiger partial charge >= 0.3 is 5.97 Å². The van der Waals surface area contributed by atoms with E-state index in [1.54, 1.807) is 6.20 Å². The first-order valence-corrected chi connectivity index (χ1v) is 6.43. The van der Waals surface area contributed by atoms with Gasteiger partial charge in [0.15, 0.2) is 5.69 Å². The Balaban J connectivity index is 2.10. The van der Waals surface area contributed by atoms with E-state index >= 15 is 0 Å². The van der Waals surface area contributed by atoms with Crippen LogP contribution in [0.25, 0.3) is 0 Å². The van der Waals surface area contributed by atoms with Gasteiger partial charge in [-0.05, 0) is 26.9 Å². The van der Waals surface area contributed by atoms with Crippen LogP contribution in [0.4, 0.5) is 5.82 Å². The Labute approximate surface area is 113 Å². The van der Waals surface area contributed by atoms with Crippen LogP contribution < -0.4 is 4.90 Å². The molecule has 19 heavy (non-hydrogen) atoms. The summed E-state index contributed by atoms with van der Waals surface area (Å²) in [7, 11) is 5.48. The van der Waals surface area contributed by atoms with Crippen molar-refractivity contribution in [2.45, 2.75) is 18.9 Å². The lowest BCUT2D eigenvalue weighted by molar-refractivity contribution is 0.0593. The number of aromatic nitrogens is 2. The normalized spacial score (nSPS) is 18.9. The maximum Gasteiger partial charge on any atom is 0.358 e. The van der Waals surface area contributed by atoms with Gasteiger partial charge in [0.2, 0.25) is 0 Å². The lowest BCUT2D eigenvalue weighted by Gasteiger charge is -2.27. The molecule has 0 bridgehead atoms. The van der Waals surface area contributed by atoms with E-state index < -0.39 is 5.97 Å². The molecule has 0 saturated carbocycles. The number of nitrogens with zero attached hydrogens (tertiary/aromatic N) is 4. The Morgan fingerprint density at radius 1 is 1.47 bits per heavy atom. The van der Waals surface area contributed by atoms with E-state index in [0.717, 1.165) is 18.9 Å². The lowest BCUT2D eigenvalue weighted by Crippen LogP contribution is -2.38.